The van der Waals surface area contributed by atoms with Crippen LogP contribution >= 0.6 is 34.7 Å². The fourth-order valence-electron chi connectivity index (χ4n) is 2.22. The Balaban J connectivity index is 1.92. The van der Waals surface area contributed by atoms with Crippen molar-refractivity contribution in [3.8, 4) is 0 Å². The van der Waals surface area contributed by atoms with Crippen LogP contribution in [0.25, 0.3) is 0 Å². The van der Waals surface area contributed by atoms with Gasteiger partial charge in [0.1, 0.15) is 6.04 Å². The minimum Gasteiger partial charge on any atom is -0.324 e. The molecule has 1 aromatic heterocycles. The number of hydrogen-bond donors (Lipinski definition) is 2. The van der Waals surface area contributed by atoms with Crippen molar-refractivity contribution in [2.24, 2.45) is 0 Å². The Kier molecular flexibility index (Phi) is 4.21. The standard InChI is InChI=1S/C14H14ClN3OS2/c1-3-16-12-8-4-9(15)11(5-10(8)18-13(12)19)21-14-17-7(2)6-20-14/h4-6,12,16H,3H2,1-2H3,(H,18,19). The summed E-state index contributed by atoms with van der Waals surface area (Å²) in [5.74, 6) is -0.0323. The molecule has 4 nitrogen and oxygen atoms in total. The number of nitrogens with one attached hydrogen (secondary N) is 2. The molecule has 0 aliphatic carbocycles. The molecule has 7 heteroatoms. The Morgan fingerprint density at radius 2 is 2.33 bits per heavy atom. The highest BCUT2D eigenvalue weighted by Gasteiger charge is 2.30. The lowest BCUT2D eigenvalue weighted by atomic mass is 10.1. The molecule has 2 N–H and O–H groups in total. The van der Waals surface area contributed by atoms with Crippen molar-refractivity contribution in [1.29, 1.82) is 0 Å². The van der Waals surface area contributed by atoms with E-state index in [1.165, 1.54) is 11.8 Å². The summed E-state index contributed by atoms with van der Waals surface area (Å²) in [5.41, 5.74) is 2.73. The molecule has 1 aromatic carbocycles. The Morgan fingerprint density at radius 1 is 1.52 bits per heavy atom. The van der Waals surface area contributed by atoms with E-state index < -0.39 is 0 Å². The Bertz CT molecular complexity index is 702. The quantitative estimate of drug-likeness (QED) is 0.888. The molecular weight excluding hydrogens is 326 g/mol. The molecule has 1 amide bonds. The van der Waals surface area contributed by atoms with Crippen LogP contribution in [0.1, 0.15) is 24.2 Å². The Morgan fingerprint density at radius 3 is 3.00 bits per heavy atom. The molecule has 2 aromatic rings. The van der Waals surface area contributed by atoms with Gasteiger partial charge in [-0.05, 0) is 25.6 Å². The fourth-order valence-corrected chi connectivity index (χ4v) is 4.35. The normalized spacial score (nSPS) is 16.9. The zero-order valence-corrected chi connectivity index (χ0v) is 14.0. The maximum atomic E-state index is 12.0. The molecule has 1 aliphatic rings. The van der Waals surface area contributed by atoms with Crippen LogP contribution in [0, 0.1) is 6.92 Å². The van der Waals surface area contributed by atoms with Crippen molar-refractivity contribution in [3.63, 3.8) is 0 Å². The highest BCUT2D eigenvalue weighted by molar-refractivity contribution is 8.01. The van der Waals surface area contributed by atoms with Gasteiger partial charge in [0.2, 0.25) is 5.91 Å². The van der Waals surface area contributed by atoms with E-state index in [0.717, 1.165) is 32.7 Å². The summed E-state index contributed by atoms with van der Waals surface area (Å²) in [4.78, 5) is 17.3. The number of rotatable bonds is 4. The second-order valence-electron chi connectivity index (χ2n) is 4.71. The average molecular weight is 340 g/mol. The largest absolute Gasteiger partial charge is 0.324 e. The number of thiazole rings is 1. The van der Waals surface area contributed by atoms with E-state index in [-0.39, 0.29) is 11.9 Å². The van der Waals surface area contributed by atoms with Crippen molar-refractivity contribution in [2.45, 2.75) is 29.1 Å². The Labute approximate surface area is 136 Å². The van der Waals surface area contributed by atoms with Gasteiger partial charge < -0.3 is 10.6 Å². The summed E-state index contributed by atoms with van der Waals surface area (Å²) >= 11 is 9.48. The summed E-state index contributed by atoms with van der Waals surface area (Å²) < 4.78 is 0.946. The summed E-state index contributed by atoms with van der Waals surface area (Å²) in [6.07, 6.45) is 0. The molecule has 1 aliphatic heterocycles. The number of carbonyl (C=O) groups excluding carboxylic acids is 1. The second kappa shape index (κ2) is 5.96. The molecule has 21 heavy (non-hydrogen) atoms. The maximum Gasteiger partial charge on any atom is 0.246 e. The first-order chi connectivity index (χ1) is 10.1. The van der Waals surface area contributed by atoms with Gasteiger partial charge >= 0.3 is 0 Å². The van der Waals surface area contributed by atoms with E-state index in [0.29, 0.717) is 5.02 Å². The van der Waals surface area contributed by atoms with Crippen molar-refractivity contribution < 1.29 is 4.79 Å². The predicted octanol–water partition coefficient (Wildman–Crippen LogP) is 3.86. The van der Waals surface area contributed by atoms with Gasteiger partial charge in [-0.25, -0.2) is 4.98 Å². The molecule has 0 fully saturated rings. The highest BCUT2D eigenvalue weighted by atomic mass is 35.5. The first-order valence-corrected chi connectivity index (χ1v) is 8.63. The third-order valence-corrected chi connectivity index (χ3v) is 5.68. The van der Waals surface area contributed by atoms with Gasteiger partial charge in [0.05, 0.1) is 5.02 Å². The molecule has 0 saturated carbocycles. The topological polar surface area (TPSA) is 54.0 Å². The van der Waals surface area contributed by atoms with E-state index in [4.69, 9.17) is 11.6 Å². The monoisotopic (exact) mass is 339 g/mol. The number of aromatic nitrogens is 1. The second-order valence-corrected chi connectivity index (χ2v) is 7.26. The molecule has 3 rings (SSSR count). The number of carbonyl (C=O) groups is 1. The predicted molar refractivity (Wildman–Crippen MR) is 87.5 cm³/mol. The minimum absolute atomic E-state index is 0.0323. The smallest absolute Gasteiger partial charge is 0.246 e. The van der Waals surface area contributed by atoms with Gasteiger partial charge in [-0.15, -0.1) is 11.3 Å². The number of halogens is 1. The molecule has 2 heterocycles. The van der Waals surface area contributed by atoms with Crippen molar-refractivity contribution in [2.75, 3.05) is 11.9 Å². The van der Waals surface area contributed by atoms with Gasteiger partial charge in [0, 0.05) is 27.2 Å². The number of benzene rings is 1. The number of amides is 1. The lowest BCUT2D eigenvalue weighted by Crippen LogP contribution is -2.27. The zero-order chi connectivity index (χ0) is 15.0. The van der Waals surface area contributed by atoms with Crippen LogP contribution in [0.2, 0.25) is 5.02 Å². The van der Waals surface area contributed by atoms with Gasteiger partial charge in [0.25, 0.3) is 0 Å². The number of hydrogen-bond acceptors (Lipinski definition) is 5. The van der Waals surface area contributed by atoms with Gasteiger partial charge in [-0.2, -0.15) is 0 Å². The van der Waals surface area contributed by atoms with Crippen molar-refractivity contribution >= 4 is 46.3 Å². The van der Waals surface area contributed by atoms with Crippen LogP contribution in [-0.4, -0.2) is 17.4 Å². The number of aryl methyl sites for hydroxylation is 1. The molecule has 0 spiro atoms. The molecule has 0 saturated heterocycles. The van der Waals surface area contributed by atoms with E-state index in [9.17, 15) is 4.79 Å². The SMILES string of the molecule is CCNC1C(=O)Nc2cc(Sc3nc(C)cs3)c(Cl)cc21. The number of fused-ring (bicyclic) bond motifs is 1. The maximum absolute atomic E-state index is 12.0. The summed E-state index contributed by atoms with van der Waals surface area (Å²) in [6.45, 7) is 4.66. The average Bonchev–Trinajstić information content (AvgIpc) is 2.96. The van der Waals surface area contributed by atoms with Crippen molar-refractivity contribution in [1.82, 2.24) is 10.3 Å². The van der Waals surface area contributed by atoms with Crippen LogP contribution in [0.3, 0.4) is 0 Å². The molecule has 0 bridgehead atoms. The van der Waals surface area contributed by atoms with Crippen LogP contribution in [0.4, 0.5) is 5.69 Å². The third-order valence-electron chi connectivity index (χ3n) is 3.14. The minimum atomic E-state index is -0.316. The molecule has 1 unspecified atom stereocenters. The Hall–Kier alpha value is -1.08. The van der Waals surface area contributed by atoms with Crippen LogP contribution < -0.4 is 10.6 Å². The molecule has 0 radical (unpaired) electrons. The lowest BCUT2D eigenvalue weighted by molar-refractivity contribution is -0.117. The van der Waals surface area contributed by atoms with E-state index in [1.54, 1.807) is 11.3 Å². The molecule has 1 atom stereocenters. The van der Waals surface area contributed by atoms with E-state index in [1.807, 2.05) is 31.4 Å². The molecular formula is C14H14ClN3OS2. The van der Waals surface area contributed by atoms with E-state index >= 15 is 0 Å². The van der Waals surface area contributed by atoms with Gasteiger partial charge in [0.15, 0.2) is 4.34 Å². The first-order valence-electron chi connectivity index (χ1n) is 6.56. The summed E-state index contributed by atoms with van der Waals surface area (Å²) in [6, 6.07) is 3.47. The number of nitrogens with zero attached hydrogens (tertiary/aromatic N) is 1. The van der Waals surface area contributed by atoms with Crippen molar-refractivity contribution in [3.05, 3.63) is 33.8 Å². The van der Waals surface area contributed by atoms with E-state index in [2.05, 4.69) is 15.6 Å². The van der Waals surface area contributed by atoms with Crippen LogP contribution in [-0.2, 0) is 4.79 Å². The third kappa shape index (κ3) is 2.94. The summed E-state index contributed by atoms with van der Waals surface area (Å²) in [5, 5.41) is 8.71. The highest BCUT2D eigenvalue weighted by Crippen LogP contribution is 2.41. The van der Waals surface area contributed by atoms with Crippen LogP contribution in [0.15, 0.2) is 26.7 Å². The number of likely N-dealkylation sites (N-methyl/N-ethyl adjacent to an activating group) is 1. The fraction of sp³-hybridized carbons (Fsp3) is 0.286. The van der Waals surface area contributed by atoms with Gasteiger partial charge in [-0.1, -0.05) is 30.3 Å². The zero-order valence-electron chi connectivity index (χ0n) is 11.6. The van der Waals surface area contributed by atoms with Crippen LogP contribution in [0.5, 0.6) is 0 Å². The molecule has 110 valence electrons. The summed E-state index contributed by atoms with van der Waals surface area (Å²) in [7, 11) is 0. The van der Waals surface area contributed by atoms with Gasteiger partial charge in [-0.3, -0.25) is 4.79 Å². The lowest BCUT2D eigenvalue weighted by Gasteiger charge is -2.10. The first kappa shape index (κ1) is 14.8. The number of anilines is 1.